The quantitative estimate of drug-likeness (QED) is 0.296. The van der Waals surface area contributed by atoms with Crippen molar-refractivity contribution < 1.29 is 18.7 Å². The van der Waals surface area contributed by atoms with Crippen LogP contribution < -0.4 is 15.1 Å². The van der Waals surface area contributed by atoms with Crippen LogP contribution in [0.1, 0.15) is 22.8 Å². The van der Waals surface area contributed by atoms with E-state index in [1.165, 1.54) is 6.92 Å². The van der Waals surface area contributed by atoms with Crippen molar-refractivity contribution in [2.75, 3.05) is 7.11 Å². The van der Waals surface area contributed by atoms with Gasteiger partial charge in [-0.25, -0.2) is 4.79 Å². The molecule has 28 heavy (non-hydrogen) atoms. The summed E-state index contributed by atoms with van der Waals surface area (Å²) in [5.74, 6) is 0.863. The molecule has 2 heterocycles. The fraction of sp³-hybridized carbons (Fsp3) is 0.136. The highest BCUT2D eigenvalue weighted by molar-refractivity contribution is 6.07. The number of hydrogen-bond acceptors (Lipinski definition) is 6. The monoisotopic (exact) mass is 375 g/mol. The number of ketones is 1. The van der Waals surface area contributed by atoms with Gasteiger partial charge in [-0.3, -0.25) is 9.78 Å². The normalized spacial score (nSPS) is 10.9. The van der Waals surface area contributed by atoms with Crippen LogP contribution in [0.4, 0.5) is 0 Å². The predicted molar refractivity (Wildman–Crippen MR) is 105 cm³/mol. The van der Waals surface area contributed by atoms with Crippen LogP contribution in [0.3, 0.4) is 0 Å². The number of methoxy groups -OCH3 is 1. The van der Waals surface area contributed by atoms with Gasteiger partial charge in [-0.2, -0.15) is 0 Å². The molecule has 6 heteroatoms. The summed E-state index contributed by atoms with van der Waals surface area (Å²) in [6.07, 6.45) is 3.41. The summed E-state index contributed by atoms with van der Waals surface area (Å²) in [4.78, 5) is 28.1. The lowest BCUT2D eigenvalue weighted by atomic mass is 10.0. The fourth-order valence-electron chi connectivity index (χ4n) is 3.07. The highest BCUT2D eigenvalue weighted by Gasteiger charge is 2.14. The minimum Gasteiger partial charge on any atom is -0.493 e. The van der Waals surface area contributed by atoms with Gasteiger partial charge in [0, 0.05) is 40.4 Å². The number of carbonyl (C=O) groups is 1. The Morgan fingerprint density at radius 1 is 1.07 bits per heavy atom. The summed E-state index contributed by atoms with van der Waals surface area (Å²) in [6.45, 7) is 1.76. The number of aromatic nitrogens is 1. The zero-order chi connectivity index (χ0) is 19.7. The van der Waals surface area contributed by atoms with Gasteiger partial charge in [-0.15, -0.1) is 0 Å². The maximum absolute atomic E-state index is 12.5. The molecule has 0 unspecified atom stereocenters. The Morgan fingerprint density at radius 2 is 1.93 bits per heavy atom. The van der Waals surface area contributed by atoms with Gasteiger partial charge in [-0.05, 0) is 25.1 Å². The Balaban J connectivity index is 1.83. The van der Waals surface area contributed by atoms with Crippen LogP contribution >= 0.6 is 0 Å². The van der Waals surface area contributed by atoms with Crippen LogP contribution in [-0.4, -0.2) is 17.9 Å². The molecule has 0 spiro atoms. The minimum atomic E-state index is -0.506. The third kappa shape index (κ3) is 3.20. The standard InChI is InChI=1S/C22H17NO5/c1-13(24)15-5-6-16-17-9-20(26-2)21(27-12-14-4-3-7-23-11-14)10-19(17)28-22(25)18(16)8-15/h3-11H,12H2,1-2H3. The lowest BCUT2D eigenvalue weighted by Gasteiger charge is -2.12. The molecule has 140 valence electrons. The topological polar surface area (TPSA) is 78.6 Å². The van der Waals surface area contributed by atoms with Crippen molar-refractivity contribution in [1.29, 1.82) is 0 Å². The Bertz CT molecular complexity index is 1240. The molecule has 0 amide bonds. The number of carbonyl (C=O) groups excluding carboxylic acids is 1. The van der Waals surface area contributed by atoms with Crippen LogP contribution in [0, 0.1) is 0 Å². The molecule has 2 aromatic heterocycles. The van der Waals surface area contributed by atoms with E-state index in [1.807, 2.05) is 12.1 Å². The molecule has 6 nitrogen and oxygen atoms in total. The first-order valence-electron chi connectivity index (χ1n) is 8.68. The number of fused-ring (bicyclic) bond motifs is 3. The molecule has 0 saturated heterocycles. The van der Waals surface area contributed by atoms with E-state index in [1.54, 1.807) is 49.8 Å². The van der Waals surface area contributed by atoms with Gasteiger partial charge in [0.1, 0.15) is 12.2 Å². The number of hydrogen-bond donors (Lipinski definition) is 0. The number of nitrogens with zero attached hydrogens (tertiary/aromatic N) is 1. The zero-order valence-corrected chi connectivity index (χ0v) is 15.4. The van der Waals surface area contributed by atoms with Gasteiger partial charge in [0.2, 0.25) is 0 Å². The van der Waals surface area contributed by atoms with E-state index in [2.05, 4.69) is 4.98 Å². The highest BCUT2D eigenvalue weighted by atomic mass is 16.5. The summed E-state index contributed by atoms with van der Waals surface area (Å²) >= 11 is 0. The van der Waals surface area contributed by atoms with Crippen LogP contribution in [0.25, 0.3) is 21.7 Å². The molecule has 2 aromatic carbocycles. The summed E-state index contributed by atoms with van der Waals surface area (Å²) < 4.78 is 16.8. The summed E-state index contributed by atoms with van der Waals surface area (Å²) in [5.41, 5.74) is 1.24. The first-order chi connectivity index (χ1) is 13.6. The van der Waals surface area contributed by atoms with Gasteiger partial charge in [0.15, 0.2) is 17.3 Å². The van der Waals surface area contributed by atoms with Gasteiger partial charge in [0.05, 0.1) is 12.5 Å². The average Bonchev–Trinajstić information content (AvgIpc) is 2.72. The maximum atomic E-state index is 12.5. The smallest absolute Gasteiger partial charge is 0.344 e. The van der Waals surface area contributed by atoms with E-state index in [-0.39, 0.29) is 5.78 Å². The van der Waals surface area contributed by atoms with E-state index < -0.39 is 5.63 Å². The summed E-state index contributed by atoms with van der Waals surface area (Å²) in [7, 11) is 1.55. The van der Waals surface area contributed by atoms with E-state index in [0.717, 1.165) is 5.56 Å². The van der Waals surface area contributed by atoms with E-state index in [4.69, 9.17) is 13.9 Å². The van der Waals surface area contributed by atoms with Crippen molar-refractivity contribution in [1.82, 2.24) is 4.98 Å². The van der Waals surface area contributed by atoms with Crippen LogP contribution in [0.5, 0.6) is 11.5 Å². The summed E-state index contributed by atoms with van der Waals surface area (Å²) in [6, 6.07) is 12.2. The van der Waals surface area contributed by atoms with Crippen molar-refractivity contribution in [2.45, 2.75) is 13.5 Å². The molecule has 0 atom stereocenters. The second-order valence-corrected chi connectivity index (χ2v) is 6.36. The first kappa shape index (κ1) is 17.7. The molecule has 0 aliphatic rings. The number of benzene rings is 2. The lowest BCUT2D eigenvalue weighted by Crippen LogP contribution is -2.03. The van der Waals surface area contributed by atoms with Crippen molar-refractivity contribution in [2.24, 2.45) is 0 Å². The number of Topliss-reactive ketones (excluding diaryl/α,β-unsaturated/α-hetero) is 1. The minimum absolute atomic E-state index is 0.113. The average molecular weight is 375 g/mol. The lowest BCUT2D eigenvalue weighted by molar-refractivity contribution is 0.101. The number of pyridine rings is 1. The molecule has 0 radical (unpaired) electrons. The van der Waals surface area contributed by atoms with Gasteiger partial charge < -0.3 is 13.9 Å². The summed E-state index contributed by atoms with van der Waals surface area (Å²) in [5, 5.41) is 1.75. The molecule has 0 bridgehead atoms. The number of ether oxygens (including phenoxy) is 2. The molecule has 0 fully saturated rings. The predicted octanol–water partition coefficient (Wildman–Crippen LogP) is 4.13. The van der Waals surface area contributed by atoms with Crippen LogP contribution in [-0.2, 0) is 6.61 Å². The van der Waals surface area contributed by atoms with E-state index in [9.17, 15) is 9.59 Å². The fourth-order valence-corrected chi connectivity index (χ4v) is 3.07. The molecule has 0 N–H and O–H groups in total. The van der Waals surface area contributed by atoms with Gasteiger partial charge >= 0.3 is 5.63 Å². The first-order valence-corrected chi connectivity index (χ1v) is 8.68. The maximum Gasteiger partial charge on any atom is 0.344 e. The third-order valence-electron chi connectivity index (χ3n) is 4.52. The second-order valence-electron chi connectivity index (χ2n) is 6.36. The highest BCUT2D eigenvalue weighted by Crippen LogP contribution is 2.35. The molecular formula is C22H17NO5. The van der Waals surface area contributed by atoms with E-state index in [0.29, 0.717) is 45.4 Å². The van der Waals surface area contributed by atoms with Crippen molar-refractivity contribution in [3.8, 4) is 11.5 Å². The Labute approximate surface area is 160 Å². The van der Waals surface area contributed by atoms with Crippen molar-refractivity contribution in [3.63, 3.8) is 0 Å². The molecule has 4 aromatic rings. The zero-order valence-electron chi connectivity index (χ0n) is 15.4. The molecule has 0 saturated carbocycles. The second kappa shape index (κ2) is 7.15. The van der Waals surface area contributed by atoms with E-state index >= 15 is 0 Å². The van der Waals surface area contributed by atoms with Crippen LogP contribution in [0.2, 0.25) is 0 Å². The Kier molecular flexibility index (Phi) is 4.53. The molecule has 4 rings (SSSR count). The van der Waals surface area contributed by atoms with Crippen molar-refractivity contribution in [3.05, 3.63) is 76.4 Å². The number of rotatable bonds is 5. The van der Waals surface area contributed by atoms with Crippen molar-refractivity contribution >= 4 is 27.5 Å². The SMILES string of the molecule is COc1cc2c(cc1OCc1cccnc1)oc(=O)c1cc(C(C)=O)ccc12. The Morgan fingerprint density at radius 3 is 2.64 bits per heavy atom. The van der Waals surface area contributed by atoms with Gasteiger partial charge in [0.25, 0.3) is 0 Å². The molecular weight excluding hydrogens is 358 g/mol. The van der Waals surface area contributed by atoms with Gasteiger partial charge in [-0.1, -0.05) is 18.2 Å². The Hall–Kier alpha value is -3.67. The molecule has 0 aliphatic carbocycles. The largest absolute Gasteiger partial charge is 0.493 e. The third-order valence-corrected chi connectivity index (χ3v) is 4.52. The van der Waals surface area contributed by atoms with Crippen LogP contribution in [0.15, 0.2) is 64.1 Å². The molecule has 0 aliphatic heterocycles.